The van der Waals surface area contributed by atoms with Gasteiger partial charge < -0.3 is 70.3 Å². The zero-order chi connectivity index (χ0) is 77.5. The summed E-state index contributed by atoms with van der Waals surface area (Å²) in [5.74, 6) is -10.5. The number of hydrogen-bond acceptors (Lipinski definition) is 14. The first-order valence-electron chi connectivity index (χ1n) is 36.9. The number of aliphatic hydroxyl groups excluding tert-OH is 1. The highest BCUT2D eigenvalue weighted by Gasteiger charge is 2.45. The van der Waals surface area contributed by atoms with Crippen LogP contribution in [0.25, 0.3) is 0 Å². The SMILES string of the molecule is CC(C)CC1C(=O)N[C@@H](CCCCO)C(=O)N(C)[C@@H](CC(C)C)C(=O)N(C)[C@@H](CC(C)C)C(=O)N[C@H](C(=O)N2CCCCC2)C(=O)N(C)CC(=O)N(C)[C@@H](CC(C)C)C(=O)N[C@@H](C(C)C)C(=O)N(C)[C@H](Cc2ccccc2)C(=O)N(C)[C@@H](Cc2ccccc2)C(=O)N[C@@H](COC(C)(C)C)C(=O)N1C. The van der Waals surface area contributed by atoms with Gasteiger partial charge in [0.05, 0.1) is 18.8 Å². The molecular formula is C77H124N12O14. The summed E-state index contributed by atoms with van der Waals surface area (Å²) in [5.41, 5.74) is 0.423. The number of carbonyl (C=O) groups excluding carboxylic acids is 12. The van der Waals surface area contributed by atoms with E-state index in [1.54, 1.807) is 95.3 Å². The van der Waals surface area contributed by atoms with Crippen molar-refractivity contribution in [1.82, 2.24) is 60.5 Å². The number of likely N-dealkylation sites (tertiary alicyclic amines) is 1. The van der Waals surface area contributed by atoms with E-state index in [9.17, 15) is 14.7 Å². The maximum absolute atomic E-state index is 15.7. The molecule has 2 aliphatic heterocycles. The predicted octanol–water partition coefficient (Wildman–Crippen LogP) is 4.68. The van der Waals surface area contributed by atoms with Crippen molar-refractivity contribution < 1.29 is 67.4 Å². The lowest BCUT2D eigenvalue weighted by Crippen LogP contribution is -2.62. The van der Waals surface area contributed by atoms with Gasteiger partial charge >= 0.3 is 0 Å². The molecule has 0 bridgehead atoms. The van der Waals surface area contributed by atoms with E-state index in [1.165, 1.54) is 83.6 Å². The normalized spacial score (nSPS) is 24.5. The molecule has 2 aromatic carbocycles. The third-order valence-corrected chi connectivity index (χ3v) is 19.3. The van der Waals surface area contributed by atoms with Gasteiger partial charge in [0.25, 0.3) is 11.8 Å². The molecule has 0 saturated carbocycles. The van der Waals surface area contributed by atoms with Crippen molar-refractivity contribution in [1.29, 1.82) is 0 Å². The number of piperidine rings is 1. The van der Waals surface area contributed by atoms with E-state index in [1.807, 2.05) is 55.4 Å². The van der Waals surface area contributed by atoms with Crippen LogP contribution in [0, 0.1) is 29.6 Å². The van der Waals surface area contributed by atoms with Gasteiger partial charge in [-0.3, -0.25) is 57.5 Å². The van der Waals surface area contributed by atoms with E-state index < -0.39 is 156 Å². The molecule has 2 aromatic rings. The second-order valence-corrected chi connectivity index (χ2v) is 31.3. The number of amides is 12. The zero-order valence-corrected chi connectivity index (χ0v) is 65.3. The number of likely N-dealkylation sites (N-methyl/N-ethyl adjacent to an activating group) is 7. The summed E-state index contributed by atoms with van der Waals surface area (Å²) in [6.07, 6.45) is 2.68. The second-order valence-electron chi connectivity index (χ2n) is 31.3. The van der Waals surface area contributed by atoms with Gasteiger partial charge in [-0.1, -0.05) is 130 Å². The number of rotatable bonds is 20. The summed E-state index contributed by atoms with van der Waals surface area (Å²) >= 11 is 0. The first kappa shape index (κ1) is 87.4. The monoisotopic (exact) mass is 1440 g/mol. The first-order chi connectivity index (χ1) is 48.2. The van der Waals surface area contributed by atoms with Crippen molar-refractivity contribution in [3.63, 3.8) is 0 Å². The lowest BCUT2D eigenvalue weighted by Gasteiger charge is -2.38. The Bertz CT molecular complexity index is 3160. The van der Waals surface area contributed by atoms with Gasteiger partial charge in [-0.25, -0.2) is 0 Å². The molecule has 2 aliphatic rings. The minimum atomic E-state index is -1.88. The van der Waals surface area contributed by atoms with Crippen LogP contribution in [0.4, 0.5) is 0 Å². The Morgan fingerprint density at radius 3 is 1.35 bits per heavy atom. The molecule has 0 aromatic heterocycles. The van der Waals surface area contributed by atoms with Crippen molar-refractivity contribution in [2.45, 2.75) is 233 Å². The van der Waals surface area contributed by atoms with Gasteiger partial charge in [-0.15, -0.1) is 0 Å². The van der Waals surface area contributed by atoms with E-state index >= 15 is 47.9 Å². The molecule has 10 atom stereocenters. The van der Waals surface area contributed by atoms with Crippen molar-refractivity contribution in [3.05, 3.63) is 71.8 Å². The van der Waals surface area contributed by atoms with Gasteiger partial charge in [0.15, 0.2) is 6.04 Å². The van der Waals surface area contributed by atoms with E-state index in [0.717, 1.165) is 11.3 Å². The molecule has 12 amide bonds. The third kappa shape index (κ3) is 26.0. The average molecular weight is 1440 g/mol. The molecule has 2 fully saturated rings. The molecule has 4 rings (SSSR count). The first-order valence-corrected chi connectivity index (χ1v) is 36.9. The molecule has 5 N–H and O–H groups in total. The number of ether oxygens (including phenoxy) is 1. The second kappa shape index (κ2) is 40.9. The summed E-state index contributed by atoms with van der Waals surface area (Å²) in [4.78, 5) is 193. The number of nitrogens with zero attached hydrogens (tertiary/aromatic N) is 8. The van der Waals surface area contributed by atoms with Crippen LogP contribution < -0.4 is 21.3 Å². The van der Waals surface area contributed by atoms with Crippen LogP contribution in [0.1, 0.15) is 165 Å². The molecule has 2 saturated heterocycles. The van der Waals surface area contributed by atoms with Crippen molar-refractivity contribution >= 4 is 70.9 Å². The molecule has 26 heteroatoms. The highest BCUT2D eigenvalue weighted by Crippen LogP contribution is 2.25. The number of nitrogens with one attached hydrogen (secondary N) is 4. The molecule has 0 radical (unpaired) electrons. The Morgan fingerprint density at radius 2 is 0.864 bits per heavy atom. The Labute approximate surface area is 612 Å². The summed E-state index contributed by atoms with van der Waals surface area (Å²) in [6, 6.07) is 4.06. The summed E-state index contributed by atoms with van der Waals surface area (Å²) in [7, 11) is 9.84. The van der Waals surface area contributed by atoms with Crippen molar-refractivity contribution in [2.75, 3.05) is 82.2 Å². The smallest absolute Gasteiger partial charge is 0.255 e. The lowest BCUT2D eigenvalue weighted by molar-refractivity contribution is -0.152. The van der Waals surface area contributed by atoms with Crippen LogP contribution in [-0.4, -0.2) is 263 Å². The van der Waals surface area contributed by atoms with Crippen LogP contribution >= 0.6 is 0 Å². The van der Waals surface area contributed by atoms with Gasteiger partial charge in [0.2, 0.25) is 59.1 Å². The van der Waals surface area contributed by atoms with Gasteiger partial charge in [-0.2, -0.15) is 0 Å². The number of benzene rings is 2. The molecular weight excluding hydrogens is 1320 g/mol. The van der Waals surface area contributed by atoms with Gasteiger partial charge in [0.1, 0.15) is 54.4 Å². The number of hydrogen-bond donors (Lipinski definition) is 5. The summed E-state index contributed by atoms with van der Waals surface area (Å²) < 4.78 is 6.27. The van der Waals surface area contributed by atoms with Gasteiger partial charge in [0, 0.05) is 81.9 Å². The molecule has 0 aliphatic carbocycles. The summed E-state index contributed by atoms with van der Waals surface area (Å²) in [6.45, 7) is 22.8. The molecule has 576 valence electrons. The Hall–Kier alpha value is -8.00. The highest BCUT2D eigenvalue weighted by molar-refractivity contribution is 6.08. The van der Waals surface area contributed by atoms with Crippen LogP contribution in [-0.2, 0) is 75.1 Å². The summed E-state index contributed by atoms with van der Waals surface area (Å²) in [5, 5.41) is 21.5. The van der Waals surface area contributed by atoms with Crippen LogP contribution in [0.5, 0.6) is 0 Å². The number of carbonyl (C=O) groups is 12. The van der Waals surface area contributed by atoms with Crippen LogP contribution in [0.15, 0.2) is 60.7 Å². The highest BCUT2D eigenvalue weighted by atomic mass is 16.5. The topological polar surface area (TPSA) is 308 Å². The quantitative estimate of drug-likeness (QED) is 0.0889. The van der Waals surface area contributed by atoms with E-state index in [-0.39, 0.29) is 101 Å². The fraction of sp³-hybridized carbons (Fsp3) is 0.688. The van der Waals surface area contributed by atoms with Crippen molar-refractivity contribution in [3.8, 4) is 0 Å². The fourth-order valence-electron chi connectivity index (χ4n) is 13.0. The minimum Gasteiger partial charge on any atom is -0.396 e. The maximum Gasteiger partial charge on any atom is 0.255 e. The largest absolute Gasteiger partial charge is 0.396 e. The minimum absolute atomic E-state index is 0.00964. The number of aliphatic hydroxyl groups is 1. The van der Waals surface area contributed by atoms with Crippen LogP contribution in [0.2, 0.25) is 0 Å². The fourth-order valence-corrected chi connectivity index (χ4v) is 13.0. The molecule has 26 nitrogen and oxygen atoms in total. The molecule has 0 spiro atoms. The van der Waals surface area contributed by atoms with E-state index in [0.29, 0.717) is 24.0 Å². The maximum atomic E-state index is 15.7. The molecule has 103 heavy (non-hydrogen) atoms. The molecule has 2 heterocycles. The van der Waals surface area contributed by atoms with Crippen molar-refractivity contribution in [2.24, 2.45) is 29.6 Å². The Morgan fingerprint density at radius 1 is 0.466 bits per heavy atom. The van der Waals surface area contributed by atoms with E-state index in [2.05, 4.69) is 21.3 Å². The Kier molecular flexibility index (Phi) is 34.7. The number of unbranched alkanes of at least 4 members (excludes halogenated alkanes) is 1. The standard InChI is InChI=1S/C77H124N12O14/c1-48(2)40-57-68(94)80-64(52(9)10)75(101)88(20)62(45-54-34-26-22-27-35-54)73(99)86(18)60(44-53-32-24-21-25-33-53)67(93)79-56(47-103-77(11,12)13)71(97)84(16)58(41-49(3)4)66(92)78-55(36-28-31-39-90)70(96)87(19)61(43-51(7)8)72(98)85(17)59(42-50(5)6)69(95)81-65(76(102)89-37-29-23-30-38-89)74(100)82(14)46-63(91)83(57)15/h21-22,24-27,32-35,48-52,55-62,64-65,90H,23,28-31,36-47H2,1-20H3,(H,78,92)(H,79,93)(H,80,94)(H,81,95)/t55-,56-,57-,58?,59-,60-,61-,62+,64-,65-/m0/s1. The predicted molar refractivity (Wildman–Crippen MR) is 395 cm³/mol. The lowest BCUT2D eigenvalue weighted by atomic mass is 9.96. The van der Waals surface area contributed by atoms with Gasteiger partial charge in [-0.05, 0) is 126 Å². The average Bonchev–Trinajstić information content (AvgIpc) is 0.821. The third-order valence-electron chi connectivity index (χ3n) is 19.3. The molecule has 1 unspecified atom stereocenters. The zero-order valence-electron chi connectivity index (χ0n) is 65.3. The Balaban J connectivity index is 2.05. The van der Waals surface area contributed by atoms with Crippen LogP contribution in [0.3, 0.4) is 0 Å². The van der Waals surface area contributed by atoms with E-state index in [4.69, 9.17) is 4.74 Å².